The van der Waals surface area contributed by atoms with E-state index < -0.39 is 11.9 Å². The lowest BCUT2D eigenvalue weighted by atomic mass is 10.0. The fraction of sp³-hybridized carbons (Fsp3) is 0.455. The molecular formula is C11H14O5. The maximum Gasteiger partial charge on any atom is 0.338 e. The SMILES string of the molecule is C=C[C@H]1COC(=O)/C1=C(\COC)OC(C)=O. The molecule has 0 aliphatic carbocycles. The molecule has 0 aromatic rings. The van der Waals surface area contributed by atoms with Crippen molar-refractivity contribution < 1.29 is 23.8 Å². The van der Waals surface area contributed by atoms with Gasteiger partial charge in [0.15, 0.2) is 0 Å². The zero-order valence-corrected chi connectivity index (χ0v) is 9.32. The normalized spacial score (nSPS) is 22.6. The van der Waals surface area contributed by atoms with Crippen LogP contribution in [0, 0.1) is 5.92 Å². The highest BCUT2D eigenvalue weighted by Crippen LogP contribution is 2.26. The minimum Gasteiger partial charge on any atom is -0.461 e. The molecule has 1 aliphatic heterocycles. The van der Waals surface area contributed by atoms with Gasteiger partial charge in [-0.3, -0.25) is 4.79 Å². The van der Waals surface area contributed by atoms with E-state index in [1.807, 2.05) is 0 Å². The summed E-state index contributed by atoms with van der Waals surface area (Å²) in [4.78, 5) is 22.4. The van der Waals surface area contributed by atoms with Crippen molar-refractivity contribution >= 4 is 11.9 Å². The van der Waals surface area contributed by atoms with Gasteiger partial charge in [0, 0.05) is 20.0 Å². The summed E-state index contributed by atoms with van der Waals surface area (Å²) in [5.74, 6) is -1.04. The Morgan fingerprint density at radius 1 is 1.69 bits per heavy atom. The first kappa shape index (κ1) is 12.4. The minimum absolute atomic E-state index is 0.0500. The number of carbonyl (C=O) groups is 2. The summed E-state index contributed by atoms with van der Waals surface area (Å²) in [6.07, 6.45) is 1.58. The molecule has 0 radical (unpaired) electrons. The molecule has 1 saturated heterocycles. The highest BCUT2D eigenvalue weighted by Gasteiger charge is 2.33. The summed E-state index contributed by atoms with van der Waals surface area (Å²) in [5, 5.41) is 0. The van der Waals surface area contributed by atoms with E-state index in [1.54, 1.807) is 6.08 Å². The summed E-state index contributed by atoms with van der Waals surface area (Å²) in [7, 11) is 1.45. The van der Waals surface area contributed by atoms with Gasteiger partial charge in [0.1, 0.15) is 19.0 Å². The smallest absolute Gasteiger partial charge is 0.338 e. The summed E-state index contributed by atoms with van der Waals surface area (Å²) in [6, 6.07) is 0. The maximum absolute atomic E-state index is 11.5. The van der Waals surface area contributed by atoms with Crippen molar-refractivity contribution in [2.75, 3.05) is 20.3 Å². The van der Waals surface area contributed by atoms with Crippen LogP contribution in [0.25, 0.3) is 0 Å². The van der Waals surface area contributed by atoms with Gasteiger partial charge in [-0.15, -0.1) is 6.58 Å². The Morgan fingerprint density at radius 3 is 2.88 bits per heavy atom. The zero-order valence-electron chi connectivity index (χ0n) is 9.32. The van der Waals surface area contributed by atoms with E-state index in [9.17, 15) is 9.59 Å². The molecule has 0 aromatic heterocycles. The van der Waals surface area contributed by atoms with Crippen LogP contribution < -0.4 is 0 Å². The van der Waals surface area contributed by atoms with Crippen LogP contribution in [0.3, 0.4) is 0 Å². The second-order valence-electron chi connectivity index (χ2n) is 3.30. The molecule has 0 bridgehead atoms. The third kappa shape index (κ3) is 2.70. The zero-order chi connectivity index (χ0) is 12.1. The first-order valence-corrected chi connectivity index (χ1v) is 4.80. The first-order valence-electron chi connectivity index (χ1n) is 4.80. The van der Waals surface area contributed by atoms with Gasteiger partial charge in [0.2, 0.25) is 0 Å². The molecule has 0 aromatic carbocycles. The van der Waals surface area contributed by atoms with Crippen molar-refractivity contribution in [3.05, 3.63) is 24.0 Å². The third-order valence-corrected chi connectivity index (χ3v) is 2.11. The summed E-state index contributed by atoms with van der Waals surface area (Å²) >= 11 is 0. The number of hydrogen-bond acceptors (Lipinski definition) is 5. The van der Waals surface area contributed by atoms with Gasteiger partial charge in [-0.2, -0.15) is 0 Å². The van der Waals surface area contributed by atoms with Crippen LogP contribution in [-0.4, -0.2) is 32.3 Å². The Morgan fingerprint density at radius 2 is 2.38 bits per heavy atom. The molecule has 1 rings (SSSR count). The number of esters is 2. The summed E-state index contributed by atoms with van der Waals surface area (Å²) < 4.78 is 14.7. The molecule has 0 N–H and O–H groups in total. The molecule has 0 amide bonds. The van der Waals surface area contributed by atoms with E-state index in [1.165, 1.54) is 14.0 Å². The molecule has 1 fully saturated rings. The van der Waals surface area contributed by atoms with Crippen LogP contribution in [0.1, 0.15) is 6.92 Å². The van der Waals surface area contributed by atoms with Crippen molar-refractivity contribution in [1.82, 2.24) is 0 Å². The number of rotatable bonds is 4. The lowest BCUT2D eigenvalue weighted by Crippen LogP contribution is -2.13. The van der Waals surface area contributed by atoms with Gasteiger partial charge in [-0.05, 0) is 0 Å². The molecule has 0 unspecified atom stereocenters. The van der Waals surface area contributed by atoms with Crippen LogP contribution in [0.15, 0.2) is 24.0 Å². The number of hydrogen-bond donors (Lipinski definition) is 0. The molecule has 5 nitrogen and oxygen atoms in total. The molecule has 88 valence electrons. The Labute approximate surface area is 93.7 Å². The van der Waals surface area contributed by atoms with Gasteiger partial charge < -0.3 is 14.2 Å². The van der Waals surface area contributed by atoms with E-state index in [-0.39, 0.29) is 24.9 Å². The molecule has 0 spiro atoms. The van der Waals surface area contributed by atoms with Crippen LogP contribution in [0.4, 0.5) is 0 Å². The van der Waals surface area contributed by atoms with Crippen LogP contribution in [0.2, 0.25) is 0 Å². The maximum atomic E-state index is 11.5. The second kappa shape index (κ2) is 5.46. The average Bonchev–Trinajstić information content (AvgIpc) is 2.58. The topological polar surface area (TPSA) is 61.8 Å². The lowest BCUT2D eigenvalue weighted by Gasteiger charge is -2.10. The number of carbonyl (C=O) groups excluding carboxylic acids is 2. The van der Waals surface area contributed by atoms with E-state index in [4.69, 9.17) is 14.2 Å². The quantitative estimate of drug-likeness (QED) is 0.307. The minimum atomic E-state index is -0.498. The lowest BCUT2D eigenvalue weighted by molar-refractivity contribution is -0.138. The molecule has 1 aliphatic rings. The molecule has 0 saturated carbocycles. The largest absolute Gasteiger partial charge is 0.461 e. The Balaban J connectivity index is 3.05. The van der Waals surface area contributed by atoms with Gasteiger partial charge >= 0.3 is 11.9 Å². The van der Waals surface area contributed by atoms with E-state index in [0.29, 0.717) is 5.57 Å². The molecular weight excluding hydrogens is 212 g/mol. The molecule has 1 atom stereocenters. The van der Waals surface area contributed by atoms with Crippen LogP contribution in [-0.2, 0) is 23.8 Å². The Bertz CT molecular complexity index is 342. The summed E-state index contributed by atoms with van der Waals surface area (Å²) in [6.45, 7) is 5.14. The predicted molar refractivity (Wildman–Crippen MR) is 55.3 cm³/mol. The van der Waals surface area contributed by atoms with Gasteiger partial charge in [0.05, 0.1) is 5.57 Å². The van der Waals surface area contributed by atoms with Crippen molar-refractivity contribution in [2.45, 2.75) is 6.92 Å². The van der Waals surface area contributed by atoms with E-state index in [0.717, 1.165) is 0 Å². The van der Waals surface area contributed by atoms with E-state index >= 15 is 0 Å². The molecule has 5 heteroatoms. The van der Waals surface area contributed by atoms with Gasteiger partial charge in [-0.25, -0.2) is 4.79 Å². The first-order chi connectivity index (χ1) is 7.60. The van der Waals surface area contributed by atoms with Crippen LogP contribution in [0.5, 0.6) is 0 Å². The Kier molecular flexibility index (Phi) is 4.25. The summed E-state index contributed by atoms with van der Waals surface area (Å²) in [5.41, 5.74) is 0.312. The van der Waals surface area contributed by atoms with Crippen molar-refractivity contribution in [2.24, 2.45) is 5.92 Å². The van der Waals surface area contributed by atoms with Gasteiger partial charge in [-0.1, -0.05) is 6.08 Å². The number of cyclic esters (lactones) is 1. The molecule has 16 heavy (non-hydrogen) atoms. The van der Waals surface area contributed by atoms with E-state index in [2.05, 4.69) is 6.58 Å². The van der Waals surface area contributed by atoms with Crippen molar-refractivity contribution in [3.63, 3.8) is 0 Å². The fourth-order valence-electron chi connectivity index (χ4n) is 1.45. The fourth-order valence-corrected chi connectivity index (χ4v) is 1.45. The van der Waals surface area contributed by atoms with Crippen LogP contribution >= 0.6 is 0 Å². The monoisotopic (exact) mass is 226 g/mol. The number of methoxy groups -OCH3 is 1. The average molecular weight is 226 g/mol. The van der Waals surface area contributed by atoms with Crippen molar-refractivity contribution in [1.29, 1.82) is 0 Å². The standard InChI is InChI=1S/C11H14O5/c1-4-8-5-15-11(13)10(8)9(6-14-3)16-7(2)12/h4,8H,1,5-6H2,2-3H3/b10-9+/t8-/m0/s1. The highest BCUT2D eigenvalue weighted by molar-refractivity contribution is 5.92. The second-order valence-corrected chi connectivity index (χ2v) is 3.30. The van der Waals surface area contributed by atoms with Crippen molar-refractivity contribution in [3.8, 4) is 0 Å². The molecule has 1 heterocycles. The third-order valence-electron chi connectivity index (χ3n) is 2.11. The number of ether oxygens (including phenoxy) is 3. The van der Waals surface area contributed by atoms with Gasteiger partial charge in [0.25, 0.3) is 0 Å². The predicted octanol–water partition coefficient (Wildman–Crippen LogP) is 0.809. The highest BCUT2D eigenvalue weighted by atomic mass is 16.6. The Hall–Kier alpha value is -1.62.